The van der Waals surface area contributed by atoms with Gasteiger partial charge in [0, 0.05) is 6.26 Å². The summed E-state index contributed by atoms with van der Waals surface area (Å²) in [6, 6.07) is 12.2. The van der Waals surface area contributed by atoms with Crippen LogP contribution < -0.4 is 10.1 Å². The summed E-state index contributed by atoms with van der Waals surface area (Å²) >= 11 is 0. The monoisotopic (exact) mass is 345 g/mol. The Hall–Kier alpha value is -2.34. The fourth-order valence-corrected chi connectivity index (χ4v) is 3.71. The maximum Gasteiger partial charge on any atom is 0.262 e. The van der Waals surface area contributed by atoms with Crippen molar-refractivity contribution >= 4 is 21.4 Å². The molecule has 1 aliphatic carbocycles. The molecule has 0 bridgehead atoms. The van der Waals surface area contributed by atoms with Crippen LogP contribution in [-0.4, -0.2) is 27.2 Å². The zero-order valence-electron chi connectivity index (χ0n) is 13.4. The first kappa shape index (κ1) is 16.5. The highest BCUT2D eigenvalue weighted by atomic mass is 32.2. The number of hydrogen-bond donors (Lipinski definition) is 1. The molecule has 2 aromatic rings. The first-order valence-corrected chi connectivity index (χ1v) is 9.66. The van der Waals surface area contributed by atoms with Gasteiger partial charge in [-0.1, -0.05) is 18.2 Å². The number of hydrogen-bond acceptors (Lipinski definition) is 4. The summed E-state index contributed by atoms with van der Waals surface area (Å²) in [6.45, 7) is -0.170. The molecule has 0 heterocycles. The fourth-order valence-electron chi connectivity index (χ4n) is 2.87. The number of amides is 1. The summed E-state index contributed by atoms with van der Waals surface area (Å²) in [5.41, 5.74) is 2.88. The Labute approximate surface area is 141 Å². The van der Waals surface area contributed by atoms with Gasteiger partial charge in [-0.15, -0.1) is 0 Å². The zero-order chi connectivity index (χ0) is 17.2. The van der Waals surface area contributed by atoms with Crippen LogP contribution in [0.3, 0.4) is 0 Å². The highest BCUT2D eigenvalue weighted by molar-refractivity contribution is 7.90. The molecule has 0 unspecified atom stereocenters. The highest BCUT2D eigenvalue weighted by Gasteiger charge is 2.15. The minimum absolute atomic E-state index is 0.0934. The van der Waals surface area contributed by atoms with E-state index in [-0.39, 0.29) is 17.2 Å². The SMILES string of the molecule is CS(=O)(=O)c1ccccc1NC(=O)COc1ccc2c(c1)CCC2. The minimum Gasteiger partial charge on any atom is -0.484 e. The third-order valence-electron chi connectivity index (χ3n) is 4.00. The summed E-state index contributed by atoms with van der Waals surface area (Å²) in [5.74, 6) is 0.258. The average molecular weight is 345 g/mol. The number of carbonyl (C=O) groups is 1. The van der Waals surface area contributed by atoms with Crippen molar-refractivity contribution in [3.05, 3.63) is 53.6 Å². The van der Waals surface area contributed by atoms with E-state index in [1.807, 2.05) is 18.2 Å². The summed E-state index contributed by atoms with van der Waals surface area (Å²) in [6.07, 6.45) is 4.40. The Balaban J connectivity index is 1.65. The number of rotatable bonds is 5. The van der Waals surface area contributed by atoms with Crippen molar-refractivity contribution in [2.75, 3.05) is 18.2 Å². The summed E-state index contributed by atoms with van der Waals surface area (Å²) in [7, 11) is -3.41. The van der Waals surface area contributed by atoms with E-state index in [4.69, 9.17) is 4.74 Å². The van der Waals surface area contributed by atoms with Gasteiger partial charge in [0.25, 0.3) is 5.91 Å². The Kier molecular flexibility index (Phi) is 4.57. The number of fused-ring (bicyclic) bond motifs is 1. The predicted octanol–water partition coefficient (Wildman–Crippen LogP) is 2.60. The molecular formula is C18H19NO4S. The van der Waals surface area contributed by atoms with Gasteiger partial charge in [0.05, 0.1) is 10.6 Å². The van der Waals surface area contributed by atoms with E-state index in [1.54, 1.807) is 18.2 Å². The van der Waals surface area contributed by atoms with Crippen LogP contribution in [0.15, 0.2) is 47.4 Å². The number of ether oxygens (including phenoxy) is 1. The second-order valence-electron chi connectivity index (χ2n) is 5.89. The Morgan fingerprint density at radius 1 is 1.12 bits per heavy atom. The molecule has 1 amide bonds. The van der Waals surface area contributed by atoms with Crippen LogP contribution in [0.4, 0.5) is 5.69 Å². The molecular weight excluding hydrogens is 326 g/mol. The molecule has 0 fully saturated rings. The number of para-hydroxylation sites is 1. The van der Waals surface area contributed by atoms with Crippen LogP contribution in [0, 0.1) is 0 Å². The minimum atomic E-state index is -3.41. The molecule has 0 spiro atoms. The number of carbonyl (C=O) groups excluding carboxylic acids is 1. The number of aryl methyl sites for hydroxylation is 2. The number of benzene rings is 2. The van der Waals surface area contributed by atoms with Crippen LogP contribution in [-0.2, 0) is 27.5 Å². The molecule has 2 aromatic carbocycles. The molecule has 1 N–H and O–H groups in total. The van der Waals surface area contributed by atoms with Crippen molar-refractivity contribution in [1.82, 2.24) is 0 Å². The normalized spacial score (nSPS) is 13.4. The van der Waals surface area contributed by atoms with Crippen LogP contribution >= 0.6 is 0 Å². The van der Waals surface area contributed by atoms with Gasteiger partial charge in [0.1, 0.15) is 5.75 Å². The van der Waals surface area contributed by atoms with Gasteiger partial charge in [-0.3, -0.25) is 4.79 Å². The maximum absolute atomic E-state index is 12.1. The lowest BCUT2D eigenvalue weighted by molar-refractivity contribution is -0.118. The van der Waals surface area contributed by atoms with Gasteiger partial charge >= 0.3 is 0 Å². The third-order valence-corrected chi connectivity index (χ3v) is 5.16. The second-order valence-corrected chi connectivity index (χ2v) is 7.87. The molecule has 0 atom stereocenters. The Bertz CT molecular complexity index is 874. The van der Waals surface area contributed by atoms with Crippen molar-refractivity contribution in [2.24, 2.45) is 0 Å². The van der Waals surface area contributed by atoms with Crippen molar-refractivity contribution < 1.29 is 17.9 Å². The highest BCUT2D eigenvalue weighted by Crippen LogP contribution is 2.26. The smallest absolute Gasteiger partial charge is 0.262 e. The van der Waals surface area contributed by atoms with Crippen molar-refractivity contribution in [2.45, 2.75) is 24.2 Å². The van der Waals surface area contributed by atoms with Gasteiger partial charge in [0.2, 0.25) is 0 Å². The first-order chi connectivity index (χ1) is 11.4. The summed E-state index contributed by atoms with van der Waals surface area (Å²) in [4.78, 5) is 12.2. The van der Waals surface area contributed by atoms with Gasteiger partial charge < -0.3 is 10.1 Å². The number of sulfone groups is 1. The van der Waals surface area contributed by atoms with Gasteiger partial charge in [-0.25, -0.2) is 8.42 Å². The molecule has 5 nitrogen and oxygen atoms in total. The number of nitrogens with one attached hydrogen (secondary N) is 1. The quantitative estimate of drug-likeness (QED) is 0.904. The van der Waals surface area contributed by atoms with Crippen LogP contribution in [0.1, 0.15) is 17.5 Å². The molecule has 0 radical (unpaired) electrons. The topological polar surface area (TPSA) is 72.5 Å². The van der Waals surface area contributed by atoms with E-state index >= 15 is 0 Å². The standard InChI is InChI=1S/C18H19NO4S/c1-24(21,22)17-8-3-2-7-16(17)19-18(20)12-23-15-10-9-13-5-4-6-14(13)11-15/h2-3,7-11H,4-6,12H2,1H3,(H,19,20). The molecule has 6 heteroatoms. The zero-order valence-corrected chi connectivity index (χ0v) is 14.2. The van der Waals surface area contributed by atoms with Gasteiger partial charge in [-0.2, -0.15) is 0 Å². The Morgan fingerprint density at radius 2 is 1.88 bits per heavy atom. The van der Waals surface area contributed by atoms with Gasteiger partial charge in [0.15, 0.2) is 16.4 Å². The van der Waals surface area contributed by atoms with E-state index in [2.05, 4.69) is 5.32 Å². The van der Waals surface area contributed by atoms with E-state index in [0.29, 0.717) is 5.75 Å². The molecule has 24 heavy (non-hydrogen) atoms. The lowest BCUT2D eigenvalue weighted by atomic mass is 10.1. The lowest BCUT2D eigenvalue weighted by Gasteiger charge is -2.11. The summed E-state index contributed by atoms with van der Waals surface area (Å²) < 4.78 is 29.0. The molecule has 0 saturated carbocycles. The van der Waals surface area contributed by atoms with Crippen molar-refractivity contribution in [1.29, 1.82) is 0 Å². The molecule has 0 aliphatic heterocycles. The molecule has 0 aromatic heterocycles. The van der Waals surface area contributed by atoms with Crippen LogP contribution in [0.5, 0.6) is 5.75 Å². The fraction of sp³-hybridized carbons (Fsp3) is 0.278. The van der Waals surface area contributed by atoms with Crippen LogP contribution in [0.25, 0.3) is 0 Å². The summed E-state index contributed by atoms with van der Waals surface area (Å²) in [5, 5.41) is 2.60. The molecule has 126 valence electrons. The molecule has 1 aliphatic rings. The lowest BCUT2D eigenvalue weighted by Crippen LogP contribution is -2.21. The largest absolute Gasteiger partial charge is 0.484 e. The van der Waals surface area contributed by atoms with E-state index < -0.39 is 15.7 Å². The maximum atomic E-state index is 12.1. The first-order valence-electron chi connectivity index (χ1n) is 7.77. The van der Waals surface area contributed by atoms with E-state index in [1.165, 1.54) is 17.2 Å². The number of anilines is 1. The molecule has 3 rings (SSSR count). The molecule has 0 saturated heterocycles. The predicted molar refractivity (Wildman–Crippen MR) is 92.1 cm³/mol. The van der Waals surface area contributed by atoms with E-state index in [0.717, 1.165) is 25.5 Å². The third kappa shape index (κ3) is 3.76. The van der Waals surface area contributed by atoms with Crippen molar-refractivity contribution in [3.8, 4) is 5.75 Å². The average Bonchev–Trinajstić information content (AvgIpc) is 3.00. The van der Waals surface area contributed by atoms with Crippen molar-refractivity contribution in [3.63, 3.8) is 0 Å². The second kappa shape index (κ2) is 6.65. The Morgan fingerprint density at radius 3 is 2.67 bits per heavy atom. The van der Waals surface area contributed by atoms with Gasteiger partial charge in [-0.05, 0) is 54.7 Å². The van der Waals surface area contributed by atoms with E-state index in [9.17, 15) is 13.2 Å². The van der Waals surface area contributed by atoms with Crippen LogP contribution in [0.2, 0.25) is 0 Å².